The molecule has 6 nitrogen and oxygen atoms in total. The van der Waals surface area contributed by atoms with E-state index in [0.29, 0.717) is 0 Å². The van der Waals surface area contributed by atoms with Crippen LogP contribution in [-0.2, 0) is 19.8 Å². The van der Waals surface area contributed by atoms with Crippen LogP contribution in [0.25, 0.3) is 0 Å². The highest BCUT2D eigenvalue weighted by Gasteiger charge is 2.47. The predicted octanol–water partition coefficient (Wildman–Crippen LogP) is 2.45. The monoisotopic (exact) mass is 436 g/mol. The van der Waals surface area contributed by atoms with Gasteiger partial charge in [0, 0.05) is 7.11 Å². The molecule has 168 valence electrons. The van der Waals surface area contributed by atoms with Crippen molar-refractivity contribution in [2.75, 3.05) is 13.7 Å². The van der Waals surface area contributed by atoms with Gasteiger partial charge in [0.05, 0.1) is 6.61 Å². The summed E-state index contributed by atoms with van der Waals surface area (Å²) in [6, 6.07) is 29.5. The fourth-order valence-corrected chi connectivity index (χ4v) is 4.33. The van der Waals surface area contributed by atoms with E-state index in [1.54, 1.807) is 0 Å². The molecule has 3 aromatic rings. The first kappa shape index (κ1) is 22.6. The smallest absolute Gasteiger partial charge is 0.184 e. The highest BCUT2D eigenvalue weighted by molar-refractivity contribution is 5.47. The molecule has 0 aromatic heterocycles. The van der Waals surface area contributed by atoms with Crippen LogP contribution in [0.4, 0.5) is 0 Å². The van der Waals surface area contributed by atoms with Crippen LogP contribution in [0.15, 0.2) is 91.0 Å². The largest absolute Gasteiger partial charge is 0.388 e. The van der Waals surface area contributed by atoms with Gasteiger partial charge in [-0.25, -0.2) is 0 Å². The van der Waals surface area contributed by atoms with Crippen LogP contribution in [0, 0.1) is 0 Å². The highest BCUT2D eigenvalue weighted by Crippen LogP contribution is 2.41. The molecule has 3 N–H and O–H groups in total. The Bertz CT molecular complexity index is 869. The Hall–Kier alpha value is -2.58. The highest BCUT2D eigenvalue weighted by atomic mass is 16.7. The standard InChI is InChI=1S/C26H28O6/c1-30-24-22(28)25(29)32-23(24)21(27)17-31-26(18-11-5-2-6-12-18,19-13-7-3-8-14-19)20-15-9-4-10-16-20/h2-16,21-25,27-29H,17H2,1H3/t21-,22-,23+,24-,25-/m1/s1. The molecule has 4 rings (SSSR count). The van der Waals surface area contributed by atoms with Crippen LogP contribution in [0.1, 0.15) is 16.7 Å². The summed E-state index contributed by atoms with van der Waals surface area (Å²) in [7, 11) is 1.40. The fourth-order valence-electron chi connectivity index (χ4n) is 4.33. The number of hydrogen-bond acceptors (Lipinski definition) is 6. The number of aliphatic hydroxyl groups excluding tert-OH is 3. The maximum absolute atomic E-state index is 10.9. The van der Waals surface area contributed by atoms with Crippen molar-refractivity contribution >= 4 is 0 Å². The minimum absolute atomic E-state index is 0.122. The Labute approximate surface area is 187 Å². The first-order valence-electron chi connectivity index (χ1n) is 10.6. The molecule has 1 heterocycles. The summed E-state index contributed by atoms with van der Waals surface area (Å²) in [6.07, 6.45) is -5.64. The Morgan fingerprint density at radius 3 is 1.66 bits per heavy atom. The molecule has 0 spiro atoms. The molecule has 3 aromatic carbocycles. The summed E-state index contributed by atoms with van der Waals surface area (Å²) in [4.78, 5) is 0. The van der Waals surface area contributed by atoms with Gasteiger partial charge < -0.3 is 29.5 Å². The molecule has 0 amide bonds. The second-order valence-electron chi connectivity index (χ2n) is 7.84. The normalized spacial score (nSPS) is 24.4. The molecule has 32 heavy (non-hydrogen) atoms. The zero-order valence-electron chi connectivity index (χ0n) is 17.8. The van der Waals surface area contributed by atoms with Gasteiger partial charge in [0.15, 0.2) is 6.29 Å². The molecule has 6 heteroatoms. The average Bonchev–Trinajstić information content (AvgIpc) is 3.15. The van der Waals surface area contributed by atoms with Gasteiger partial charge >= 0.3 is 0 Å². The Balaban J connectivity index is 1.73. The van der Waals surface area contributed by atoms with E-state index < -0.39 is 36.3 Å². The third kappa shape index (κ3) is 4.21. The van der Waals surface area contributed by atoms with Crippen LogP contribution < -0.4 is 0 Å². The van der Waals surface area contributed by atoms with E-state index in [-0.39, 0.29) is 6.61 Å². The first-order chi connectivity index (χ1) is 15.6. The van der Waals surface area contributed by atoms with Crippen LogP contribution >= 0.6 is 0 Å². The minimum atomic E-state index is -1.43. The molecule has 0 aliphatic carbocycles. The van der Waals surface area contributed by atoms with Crippen LogP contribution in [0.5, 0.6) is 0 Å². The number of benzene rings is 3. The third-order valence-electron chi connectivity index (χ3n) is 5.91. The lowest BCUT2D eigenvalue weighted by atomic mass is 9.80. The van der Waals surface area contributed by atoms with Crippen molar-refractivity contribution < 1.29 is 29.5 Å². The van der Waals surface area contributed by atoms with Gasteiger partial charge in [-0.3, -0.25) is 0 Å². The Morgan fingerprint density at radius 1 is 0.812 bits per heavy atom. The molecule has 1 aliphatic heterocycles. The van der Waals surface area contributed by atoms with Gasteiger partial charge in [-0.2, -0.15) is 0 Å². The number of methoxy groups -OCH3 is 1. The van der Waals surface area contributed by atoms with Crippen molar-refractivity contribution in [3.63, 3.8) is 0 Å². The molecule has 1 fully saturated rings. The van der Waals surface area contributed by atoms with Crippen molar-refractivity contribution in [2.24, 2.45) is 0 Å². The second-order valence-corrected chi connectivity index (χ2v) is 7.84. The molecule has 0 unspecified atom stereocenters. The summed E-state index contributed by atoms with van der Waals surface area (Å²) in [6.45, 7) is -0.122. The lowest BCUT2D eigenvalue weighted by Gasteiger charge is -2.37. The third-order valence-corrected chi connectivity index (χ3v) is 5.91. The Kier molecular flexibility index (Phi) is 7.01. The van der Waals surface area contributed by atoms with Gasteiger partial charge in [0.25, 0.3) is 0 Å². The van der Waals surface area contributed by atoms with E-state index in [1.807, 2.05) is 91.0 Å². The first-order valence-corrected chi connectivity index (χ1v) is 10.6. The number of hydrogen-bond donors (Lipinski definition) is 3. The van der Waals surface area contributed by atoms with Crippen molar-refractivity contribution in [3.05, 3.63) is 108 Å². The molecule has 0 saturated carbocycles. The molecule has 5 atom stereocenters. The maximum Gasteiger partial charge on any atom is 0.184 e. The van der Waals surface area contributed by atoms with E-state index in [9.17, 15) is 15.3 Å². The van der Waals surface area contributed by atoms with E-state index in [4.69, 9.17) is 14.2 Å². The van der Waals surface area contributed by atoms with Gasteiger partial charge in [0.2, 0.25) is 0 Å². The van der Waals surface area contributed by atoms with E-state index in [1.165, 1.54) is 7.11 Å². The second kappa shape index (κ2) is 9.92. The van der Waals surface area contributed by atoms with E-state index >= 15 is 0 Å². The number of ether oxygens (including phenoxy) is 3. The SMILES string of the molecule is CO[C@@H]1[C@@H](O)[C@H](O)O[C@H]1[C@H](O)COC(c1ccccc1)(c1ccccc1)c1ccccc1. The molecule has 0 radical (unpaired) electrons. The molecule has 1 aliphatic rings. The quantitative estimate of drug-likeness (QED) is 0.470. The number of rotatable bonds is 8. The molecular weight excluding hydrogens is 408 g/mol. The summed E-state index contributed by atoms with van der Waals surface area (Å²) >= 11 is 0. The molecular formula is C26H28O6. The summed E-state index contributed by atoms with van der Waals surface area (Å²) in [5.74, 6) is 0. The fraction of sp³-hybridized carbons (Fsp3) is 0.308. The minimum Gasteiger partial charge on any atom is -0.388 e. The van der Waals surface area contributed by atoms with Crippen molar-refractivity contribution in [1.82, 2.24) is 0 Å². The zero-order valence-corrected chi connectivity index (χ0v) is 17.8. The van der Waals surface area contributed by atoms with Gasteiger partial charge in [-0.1, -0.05) is 91.0 Å². The average molecular weight is 437 g/mol. The summed E-state index contributed by atoms with van der Waals surface area (Å²) in [5, 5.41) is 30.9. The maximum atomic E-state index is 10.9. The predicted molar refractivity (Wildman–Crippen MR) is 119 cm³/mol. The van der Waals surface area contributed by atoms with Crippen molar-refractivity contribution in [1.29, 1.82) is 0 Å². The van der Waals surface area contributed by atoms with Crippen molar-refractivity contribution in [3.8, 4) is 0 Å². The zero-order chi connectivity index (χ0) is 22.6. The van der Waals surface area contributed by atoms with Gasteiger partial charge in [-0.15, -0.1) is 0 Å². The topological polar surface area (TPSA) is 88.4 Å². The lowest BCUT2D eigenvalue weighted by Crippen LogP contribution is -2.44. The Morgan fingerprint density at radius 2 is 1.25 bits per heavy atom. The van der Waals surface area contributed by atoms with Crippen molar-refractivity contribution in [2.45, 2.75) is 36.3 Å². The van der Waals surface area contributed by atoms with E-state index in [0.717, 1.165) is 16.7 Å². The summed E-state index contributed by atoms with van der Waals surface area (Å²) in [5.41, 5.74) is 1.71. The van der Waals surface area contributed by atoms with Crippen LogP contribution in [-0.4, -0.2) is 59.7 Å². The van der Waals surface area contributed by atoms with E-state index in [2.05, 4.69) is 0 Å². The molecule has 0 bridgehead atoms. The van der Waals surface area contributed by atoms with Crippen LogP contribution in [0.2, 0.25) is 0 Å². The van der Waals surface area contributed by atoms with Crippen LogP contribution in [0.3, 0.4) is 0 Å². The van der Waals surface area contributed by atoms with Gasteiger partial charge in [-0.05, 0) is 16.7 Å². The number of aliphatic hydroxyl groups is 3. The lowest BCUT2D eigenvalue weighted by molar-refractivity contribution is -0.160. The van der Waals surface area contributed by atoms with Gasteiger partial charge in [0.1, 0.15) is 30.0 Å². The summed E-state index contributed by atoms with van der Waals surface area (Å²) < 4.78 is 17.2. The molecule has 1 saturated heterocycles.